The second-order valence-electron chi connectivity index (χ2n) is 4.27. The molecule has 2 nitrogen and oxygen atoms in total. The maximum Gasteiger partial charge on any atom is 0.0639 e. The van der Waals surface area contributed by atoms with Gasteiger partial charge in [0.05, 0.1) is 6.10 Å². The summed E-state index contributed by atoms with van der Waals surface area (Å²) >= 11 is 0. The first-order valence-corrected chi connectivity index (χ1v) is 5.69. The molecule has 0 bridgehead atoms. The van der Waals surface area contributed by atoms with Gasteiger partial charge in [-0.1, -0.05) is 25.7 Å². The molecule has 1 aliphatic rings. The molecule has 0 aromatic carbocycles. The highest BCUT2D eigenvalue weighted by atomic mass is 16.3. The van der Waals surface area contributed by atoms with Crippen LogP contribution in [0.5, 0.6) is 0 Å². The Morgan fingerprint density at radius 1 is 1.00 bits per heavy atom. The van der Waals surface area contributed by atoms with Crippen LogP contribution >= 0.6 is 0 Å². The van der Waals surface area contributed by atoms with Gasteiger partial charge < -0.3 is 10.0 Å². The van der Waals surface area contributed by atoms with Crippen molar-refractivity contribution in [3.8, 4) is 0 Å². The van der Waals surface area contributed by atoms with Crippen molar-refractivity contribution in [3.05, 3.63) is 0 Å². The quantitative estimate of drug-likeness (QED) is 0.711. The van der Waals surface area contributed by atoms with Gasteiger partial charge in [-0.3, -0.25) is 0 Å². The maximum atomic E-state index is 9.30. The zero-order chi connectivity index (χ0) is 9.52. The van der Waals surface area contributed by atoms with Crippen molar-refractivity contribution in [2.75, 3.05) is 19.6 Å². The van der Waals surface area contributed by atoms with E-state index in [2.05, 4.69) is 4.90 Å². The molecule has 0 unspecified atom stereocenters. The highest BCUT2D eigenvalue weighted by Gasteiger charge is 2.08. The summed E-state index contributed by atoms with van der Waals surface area (Å²) in [6, 6.07) is 0. The van der Waals surface area contributed by atoms with E-state index in [0.29, 0.717) is 0 Å². The predicted molar refractivity (Wildman–Crippen MR) is 55.8 cm³/mol. The molecule has 1 rings (SSSR count). The van der Waals surface area contributed by atoms with Gasteiger partial charge in [0.2, 0.25) is 0 Å². The Balaban J connectivity index is 2.24. The second-order valence-corrected chi connectivity index (χ2v) is 4.27. The van der Waals surface area contributed by atoms with Crippen LogP contribution in [0.2, 0.25) is 0 Å². The van der Waals surface area contributed by atoms with Crippen molar-refractivity contribution in [2.24, 2.45) is 0 Å². The SMILES string of the molecule is C[C@@H](O)CN1CCCCCCCC1. The molecule has 78 valence electrons. The summed E-state index contributed by atoms with van der Waals surface area (Å²) in [5.41, 5.74) is 0. The van der Waals surface area contributed by atoms with Gasteiger partial charge in [0.15, 0.2) is 0 Å². The molecule has 1 saturated heterocycles. The average molecular weight is 185 g/mol. The van der Waals surface area contributed by atoms with Gasteiger partial charge in [0, 0.05) is 6.54 Å². The van der Waals surface area contributed by atoms with Crippen molar-refractivity contribution >= 4 is 0 Å². The van der Waals surface area contributed by atoms with E-state index in [4.69, 9.17) is 0 Å². The first kappa shape index (κ1) is 11.0. The average Bonchev–Trinajstić information content (AvgIpc) is 2.17. The number of hydrogen-bond acceptors (Lipinski definition) is 2. The molecular weight excluding hydrogens is 162 g/mol. The van der Waals surface area contributed by atoms with Gasteiger partial charge >= 0.3 is 0 Å². The van der Waals surface area contributed by atoms with E-state index in [0.717, 1.165) is 6.54 Å². The van der Waals surface area contributed by atoms with E-state index in [1.54, 1.807) is 0 Å². The van der Waals surface area contributed by atoms with Crippen molar-refractivity contribution in [1.29, 1.82) is 0 Å². The number of aliphatic hydroxyl groups excluding tert-OH is 1. The number of nitrogens with zero attached hydrogens (tertiary/aromatic N) is 1. The second kappa shape index (κ2) is 6.39. The molecule has 0 saturated carbocycles. The summed E-state index contributed by atoms with van der Waals surface area (Å²) < 4.78 is 0. The summed E-state index contributed by atoms with van der Waals surface area (Å²) in [5, 5.41) is 9.30. The van der Waals surface area contributed by atoms with Crippen LogP contribution in [0.4, 0.5) is 0 Å². The number of rotatable bonds is 2. The monoisotopic (exact) mass is 185 g/mol. The molecule has 0 aromatic heterocycles. The van der Waals surface area contributed by atoms with E-state index in [1.165, 1.54) is 51.6 Å². The number of β-amino-alcohol motifs (C(OH)–C–C–N with tert-alkyl or cyclic N) is 1. The summed E-state index contributed by atoms with van der Waals surface area (Å²) in [4.78, 5) is 2.41. The summed E-state index contributed by atoms with van der Waals surface area (Å²) in [7, 11) is 0. The van der Waals surface area contributed by atoms with Crippen LogP contribution in [0.25, 0.3) is 0 Å². The Bertz CT molecular complexity index is 115. The minimum absolute atomic E-state index is 0.166. The van der Waals surface area contributed by atoms with E-state index < -0.39 is 0 Å². The van der Waals surface area contributed by atoms with Crippen LogP contribution in [-0.2, 0) is 0 Å². The first-order valence-electron chi connectivity index (χ1n) is 5.69. The molecule has 0 radical (unpaired) electrons. The highest BCUT2D eigenvalue weighted by molar-refractivity contribution is 4.63. The van der Waals surface area contributed by atoms with E-state index in [-0.39, 0.29) is 6.10 Å². The van der Waals surface area contributed by atoms with E-state index in [1.807, 2.05) is 6.92 Å². The fourth-order valence-electron chi connectivity index (χ4n) is 2.05. The minimum Gasteiger partial charge on any atom is -0.392 e. The third-order valence-electron chi connectivity index (χ3n) is 2.72. The van der Waals surface area contributed by atoms with Crippen LogP contribution in [0, 0.1) is 0 Å². The van der Waals surface area contributed by atoms with Crippen LogP contribution in [0.3, 0.4) is 0 Å². The zero-order valence-corrected chi connectivity index (χ0v) is 8.84. The maximum absolute atomic E-state index is 9.30. The smallest absolute Gasteiger partial charge is 0.0639 e. The fourth-order valence-corrected chi connectivity index (χ4v) is 2.05. The molecular formula is C11H23NO. The van der Waals surface area contributed by atoms with Gasteiger partial charge in [-0.15, -0.1) is 0 Å². The fraction of sp³-hybridized carbons (Fsp3) is 1.00. The minimum atomic E-state index is -0.166. The molecule has 13 heavy (non-hydrogen) atoms. The summed E-state index contributed by atoms with van der Waals surface area (Å²) in [6.45, 7) is 5.11. The molecule has 1 fully saturated rings. The Kier molecular flexibility index (Phi) is 5.40. The Morgan fingerprint density at radius 2 is 1.46 bits per heavy atom. The van der Waals surface area contributed by atoms with Gasteiger partial charge in [-0.25, -0.2) is 0 Å². The molecule has 1 atom stereocenters. The van der Waals surface area contributed by atoms with Gasteiger partial charge in [-0.05, 0) is 32.9 Å². The lowest BCUT2D eigenvalue weighted by Gasteiger charge is -2.22. The van der Waals surface area contributed by atoms with Crippen molar-refractivity contribution in [3.63, 3.8) is 0 Å². The largest absolute Gasteiger partial charge is 0.392 e. The third kappa shape index (κ3) is 5.27. The van der Waals surface area contributed by atoms with Crippen LogP contribution in [0.1, 0.15) is 45.4 Å². The molecule has 1 N–H and O–H groups in total. The van der Waals surface area contributed by atoms with E-state index in [9.17, 15) is 5.11 Å². The summed E-state index contributed by atoms with van der Waals surface area (Å²) in [5.74, 6) is 0. The highest BCUT2D eigenvalue weighted by Crippen LogP contribution is 2.11. The van der Waals surface area contributed by atoms with Crippen LogP contribution in [-0.4, -0.2) is 35.7 Å². The molecule has 0 aliphatic carbocycles. The molecule has 2 heteroatoms. The van der Waals surface area contributed by atoms with Crippen molar-refractivity contribution in [1.82, 2.24) is 4.90 Å². The van der Waals surface area contributed by atoms with Crippen molar-refractivity contribution < 1.29 is 5.11 Å². The predicted octanol–water partition coefficient (Wildman–Crippen LogP) is 2.02. The zero-order valence-electron chi connectivity index (χ0n) is 8.84. The summed E-state index contributed by atoms with van der Waals surface area (Å²) in [6.07, 6.45) is 8.01. The number of hydrogen-bond donors (Lipinski definition) is 1. The lowest BCUT2D eigenvalue weighted by molar-refractivity contribution is 0.125. The number of aliphatic hydroxyl groups is 1. The van der Waals surface area contributed by atoms with Crippen LogP contribution < -0.4 is 0 Å². The van der Waals surface area contributed by atoms with Gasteiger partial charge in [0.25, 0.3) is 0 Å². The lowest BCUT2D eigenvalue weighted by Crippen LogP contribution is -2.32. The Labute approximate surface area is 81.9 Å². The first-order chi connectivity index (χ1) is 6.29. The molecule has 1 heterocycles. The normalized spacial score (nSPS) is 24.5. The van der Waals surface area contributed by atoms with Crippen LogP contribution in [0.15, 0.2) is 0 Å². The molecule has 0 aromatic rings. The lowest BCUT2D eigenvalue weighted by atomic mass is 10.1. The Hall–Kier alpha value is -0.0800. The van der Waals surface area contributed by atoms with Crippen molar-refractivity contribution in [2.45, 2.75) is 51.6 Å². The molecule has 1 aliphatic heterocycles. The topological polar surface area (TPSA) is 23.5 Å². The van der Waals surface area contributed by atoms with Gasteiger partial charge in [-0.2, -0.15) is 0 Å². The van der Waals surface area contributed by atoms with Gasteiger partial charge in [0.1, 0.15) is 0 Å². The molecule has 0 spiro atoms. The third-order valence-corrected chi connectivity index (χ3v) is 2.72. The standard InChI is InChI=1S/C11H23NO/c1-11(13)10-12-8-6-4-2-3-5-7-9-12/h11,13H,2-10H2,1H3/t11-/m1/s1. The van der Waals surface area contributed by atoms with E-state index >= 15 is 0 Å². The Morgan fingerprint density at radius 3 is 1.92 bits per heavy atom. The molecule has 0 amide bonds.